The first-order valence-electron chi connectivity index (χ1n) is 14.8. The molecule has 0 saturated carbocycles. The average molecular weight is 665 g/mol. The maximum atomic E-state index is 2.60. The van der Waals surface area contributed by atoms with E-state index in [4.69, 9.17) is 0 Å². The van der Waals surface area contributed by atoms with Crippen molar-refractivity contribution in [2.45, 2.75) is 90.1 Å². The van der Waals surface area contributed by atoms with Crippen LogP contribution in [0.1, 0.15) is 107 Å². The standard InChI is InChI=1S/C21H25.C9H10.C8H11.2ClH.Zr/c1-20(2,3)16-7-9-18-14(12-16)11-15-13-17(21(4,5)6)8-10-19(15)18;1-2-6-9-7-4-3-5-8-9;1-6-4-7(2)8(3)5-6;;;/h7-13H,1-6H3;3-5,7-8H,2H2,1H3;4,6H,1-3H3;2*1H;/q;;;;;+2/p-2. The Balaban J connectivity index is 0.00000231. The van der Waals surface area contributed by atoms with E-state index in [1.807, 2.05) is 3.28 Å². The molecule has 0 heterocycles. The Bertz CT molecular complexity index is 1460. The van der Waals surface area contributed by atoms with Gasteiger partial charge in [-0.05, 0) is 0 Å². The summed E-state index contributed by atoms with van der Waals surface area (Å²) in [4.78, 5) is 0. The van der Waals surface area contributed by atoms with Gasteiger partial charge in [-0.1, -0.05) is 0 Å². The van der Waals surface area contributed by atoms with Crippen molar-refractivity contribution in [1.29, 1.82) is 0 Å². The molecule has 0 radical (unpaired) electrons. The van der Waals surface area contributed by atoms with Crippen LogP contribution in [0.15, 0.2) is 87.2 Å². The summed E-state index contributed by atoms with van der Waals surface area (Å²) in [6.07, 6.45) is 3.66. The molecule has 5 rings (SSSR count). The summed E-state index contributed by atoms with van der Waals surface area (Å²) >= 11 is -2.56. The Morgan fingerprint density at radius 3 is 1.61 bits per heavy atom. The molecule has 0 aliphatic heterocycles. The molecular weight excluding hydrogens is 619 g/mol. The molecule has 1 unspecified atom stereocenters. The van der Waals surface area contributed by atoms with Crippen molar-refractivity contribution in [3.63, 3.8) is 0 Å². The van der Waals surface area contributed by atoms with E-state index in [-0.39, 0.29) is 35.6 Å². The van der Waals surface area contributed by atoms with E-state index in [2.05, 4.69) is 142 Å². The molecule has 0 saturated heterocycles. The van der Waals surface area contributed by atoms with Gasteiger partial charge in [0.2, 0.25) is 0 Å². The number of hydrogen-bond acceptors (Lipinski definition) is 0. The van der Waals surface area contributed by atoms with Crippen molar-refractivity contribution in [2.24, 2.45) is 5.92 Å². The normalized spacial score (nSPS) is 16.9. The van der Waals surface area contributed by atoms with Crippen LogP contribution in [0, 0.1) is 5.92 Å². The summed E-state index contributed by atoms with van der Waals surface area (Å²) in [6, 6.07) is 26.3. The van der Waals surface area contributed by atoms with Gasteiger partial charge in [0.1, 0.15) is 0 Å². The second-order valence-electron chi connectivity index (χ2n) is 13.8. The maximum Gasteiger partial charge on any atom is -1.00 e. The van der Waals surface area contributed by atoms with Crippen molar-refractivity contribution < 1.29 is 46.1 Å². The van der Waals surface area contributed by atoms with Gasteiger partial charge in [0.05, 0.1) is 0 Å². The maximum absolute atomic E-state index is 2.60. The summed E-state index contributed by atoms with van der Waals surface area (Å²) < 4.78 is 4.05. The topological polar surface area (TPSA) is 0 Å². The van der Waals surface area contributed by atoms with E-state index in [9.17, 15) is 0 Å². The summed E-state index contributed by atoms with van der Waals surface area (Å²) in [6.45, 7) is 23.8. The minimum Gasteiger partial charge on any atom is -1.00 e. The fourth-order valence-corrected chi connectivity index (χ4v) is 16.9. The predicted molar refractivity (Wildman–Crippen MR) is 168 cm³/mol. The van der Waals surface area contributed by atoms with Crippen LogP contribution in [-0.2, 0) is 32.1 Å². The molecule has 41 heavy (non-hydrogen) atoms. The number of allylic oxidation sites excluding steroid dienone is 4. The number of hydrogen-bond donors (Lipinski definition) is 0. The van der Waals surface area contributed by atoms with Crippen LogP contribution in [0.2, 0.25) is 0 Å². The van der Waals surface area contributed by atoms with Gasteiger partial charge in [0.15, 0.2) is 0 Å². The Morgan fingerprint density at radius 2 is 1.22 bits per heavy atom. The number of rotatable bonds is 4. The molecular formula is C38H46Cl2Zr. The first-order chi connectivity index (χ1) is 18.3. The second kappa shape index (κ2) is 12.6. The summed E-state index contributed by atoms with van der Waals surface area (Å²) in [5.74, 6) is 0.522. The van der Waals surface area contributed by atoms with Gasteiger partial charge in [0.25, 0.3) is 0 Å². The van der Waals surface area contributed by atoms with Gasteiger partial charge in [-0.25, -0.2) is 0 Å². The average Bonchev–Trinajstić information content (AvgIpc) is 3.33. The zero-order valence-electron chi connectivity index (χ0n) is 26.5. The molecule has 0 nitrogen and oxygen atoms in total. The van der Waals surface area contributed by atoms with Crippen LogP contribution < -0.4 is 24.8 Å². The fourth-order valence-electron chi connectivity index (χ4n) is 6.77. The number of fused-ring (bicyclic) bond motifs is 3. The van der Waals surface area contributed by atoms with Gasteiger partial charge in [-0.15, -0.1) is 0 Å². The molecule has 0 spiro atoms. The Kier molecular flexibility index (Phi) is 10.4. The molecule has 0 N–H and O–H groups in total. The summed E-state index contributed by atoms with van der Waals surface area (Å²) in [7, 11) is 0. The summed E-state index contributed by atoms with van der Waals surface area (Å²) in [5, 5.41) is 0. The van der Waals surface area contributed by atoms with E-state index in [0.717, 1.165) is 6.42 Å². The largest absolute Gasteiger partial charge is 1.00 e. The van der Waals surface area contributed by atoms with Crippen LogP contribution in [0.4, 0.5) is 0 Å². The molecule has 0 amide bonds. The van der Waals surface area contributed by atoms with Crippen molar-refractivity contribution in [1.82, 2.24) is 0 Å². The van der Waals surface area contributed by atoms with Crippen molar-refractivity contribution in [3.05, 3.63) is 115 Å². The number of benzene rings is 3. The Hall–Kier alpha value is -1.53. The van der Waals surface area contributed by atoms with Gasteiger partial charge >= 0.3 is 247 Å². The van der Waals surface area contributed by atoms with Crippen LogP contribution >= 0.6 is 0 Å². The SMILES string of the molecule is CC/[C](c1ccccc1)=[Zr+2](/[C]1=C(C)C(C)=CC1C)[CH]1c2cc(C(C)(C)C)ccc2-c2ccc(C(C)(C)C)cc21.[Cl-].[Cl-]. The van der Waals surface area contributed by atoms with E-state index in [1.54, 1.807) is 19.9 Å². The monoisotopic (exact) mass is 662 g/mol. The third kappa shape index (κ3) is 6.25. The Labute approximate surface area is 269 Å². The molecule has 3 heteroatoms. The first kappa shape index (κ1) is 34.0. The molecule has 0 bridgehead atoms. The van der Waals surface area contributed by atoms with Crippen LogP contribution in [0.5, 0.6) is 0 Å². The van der Waals surface area contributed by atoms with Crippen molar-refractivity contribution >= 4 is 3.21 Å². The van der Waals surface area contributed by atoms with Crippen LogP contribution in [-0.4, -0.2) is 3.21 Å². The second-order valence-corrected chi connectivity index (χ2v) is 20.1. The van der Waals surface area contributed by atoms with Crippen molar-refractivity contribution in [2.75, 3.05) is 0 Å². The number of halogens is 2. The van der Waals surface area contributed by atoms with Gasteiger partial charge in [0, 0.05) is 0 Å². The van der Waals surface area contributed by atoms with Gasteiger partial charge in [-0.2, -0.15) is 0 Å². The minimum absolute atomic E-state index is 0. The third-order valence-electron chi connectivity index (χ3n) is 9.08. The zero-order valence-corrected chi connectivity index (χ0v) is 30.5. The molecule has 0 aromatic heterocycles. The third-order valence-corrected chi connectivity index (χ3v) is 18.7. The fraction of sp³-hybridized carbons (Fsp3) is 0.395. The molecule has 1 atom stereocenters. The van der Waals surface area contributed by atoms with E-state index < -0.39 is 21.3 Å². The molecule has 2 aliphatic carbocycles. The van der Waals surface area contributed by atoms with E-state index >= 15 is 0 Å². The molecule has 0 fully saturated rings. The van der Waals surface area contributed by atoms with E-state index in [1.165, 1.54) is 33.4 Å². The predicted octanol–water partition coefficient (Wildman–Crippen LogP) is 4.48. The minimum atomic E-state index is -2.56. The van der Waals surface area contributed by atoms with Gasteiger partial charge in [-0.3, -0.25) is 0 Å². The smallest absolute Gasteiger partial charge is 1.00 e. The summed E-state index contributed by atoms with van der Waals surface area (Å²) in [5.41, 5.74) is 13.8. The van der Waals surface area contributed by atoms with Crippen LogP contribution in [0.3, 0.4) is 0 Å². The van der Waals surface area contributed by atoms with E-state index in [0.29, 0.717) is 9.54 Å². The van der Waals surface area contributed by atoms with Gasteiger partial charge < -0.3 is 24.8 Å². The zero-order chi connectivity index (χ0) is 28.3. The Morgan fingerprint density at radius 1 is 0.732 bits per heavy atom. The molecule has 3 aromatic rings. The first-order valence-corrected chi connectivity index (χ1v) is 18.7. The quantitative estimate of drug-likeness (QED) is 0.386. The molecule has 3 aromatic carbocycles. The molecule has 2 aliphatic rings. The van der Waals surface area contributed by atoms with Crippen molar-refractivity contribution in [3.8, 4) is 11.1 Å². The van der Waals surface area contributed by atoms with Crippen LogP contribution in [0.25, 0.3) is 11.1 Å². The molecule has 216 valence electrons.